The van der Waals surface area contributed by atoms with Crippen LogP contribution in [0.5, 0.6) is 5.75 Å². The quantitative estimate of drug-likeness (QED) is 0.654. The number of carbonyl (C=O) groups is 1. The van der Waals surface area contributed by atoms with E-state index in [4.69, 9.17) is 0 Å². The lowest BCUT2D eigenvalue weighted by Crippen LogP contribution is -2.20. The number of hydrazone groups is 1. The molecule has 0 aliphatic rings. The maximum absolute atomic E-state index is 12.1. The fourth-order valence-electron chi connectivity index (χ4n) is 1.87. The summed E-state index contributed by atoms with van der Waals surface area (Å²) in [5.41, 5.74) is 4.27. The Labute approximate surface area is 131 Å². The minimum Gasteiger partial charge on any atom is -0.507 e. The van der Waals surface area contributed by atoms with Gasteiger partial charge in [0.05, 0.1) is 11.3 Å². The molecule has 0 saturated carbocycles. The Morgan fingerprint density at radius 3 is 2.38 bits per heavy atom. The van der Waals surface area contributed by atoms with Crippen molar-refractivity contribution in [3.8, 4) is 5.75 Å². The summed E-state index contributed by atoms with van der Waals surface area (Å²) in [6.07, 6.45) is 0.591. The number of aromatic hydroxyl groups is 1. The first-order valence-corrected chi connectivity index (χ1v) is 7.32. The maximum Gasteiger partial charge on any atom is 0.272 e. The van der Waals surface area contributed by atoms with Gasteiger partial charge in [0.1, 0.15) is 5.75 Å². The van der Waals surface area contributed by atoms with Crippen LogP contribution in [-0.4, -0.2) is 16.7 Å². The van der Waals surface area contributed by atoms with E-state index in [0.29, 0.717) is 27.7 Å². The van der Waals surface area contributed by atoms with Crippen LogP contribution in [-0.2, 0) is 0 Å². The second-order valence-corrected chi connectivity index (χ2v) is 5.20. The van der Waals surface area contributed by atoms with Crippen molar-refractivity contribution in [1.82, 2.24) is 5.43 Å². The van der Waals surface area contributed by atoms with Crippen molar-refractivity contribution in [3.63, 3.8) is 0 Å². The largest absolute Gasteiger partial charge is 0.507 e. The molecular weight excluding hydrogens is 332 g/mol. The second kappa shape index (κ2) is 7.04. The Kier molecular flexibility index (Phi) is 5.11. The van der Waals surface area contributed by atoms with Gasteiger partial charge in [0.2, 0.25) is 0 Å². The molecule has 0 atom stereocenters. The molecule has 2 rings (SSSR count). The van der Waals surface area contributed by atoms with Crippen molar-refractivity contribution in [2.75, 3.05) is 0 Å². The smallest absolute Gasteiger partial charge is 0.272 e. The van der Waals surface area contributed by atoms with Gasteiger partial charge in [-0.25, -0.2) is 5.43 Å². The molecule has 2 N–H and O–H groups in total. The Balaban J connectivity index is 2.21. The third kappa shape index (κ3) is 3.70. The van der Waals surface area contributed by atoms with E-state index < -0.39 is 0 Å². The average Bonchev–Trinajstić information content (AvgIpc) is 2.49. The van der Waals surface area contributed by atoms with E-state index in [1.807, 2.05) is 19.1 Å². The maximum atomic E-state index is 12.1. The van der Waals surface area contributed by atoms with Gasteiger partial charge in [0.25, 0.3) is 5.91 Å². The highest BCUT2D eigenvalue weighted by Crippen LogP contribution is 2.18. The summed E-state index contributed by atoms with van der Waals surface area (Å²) < 4.78 is 0.707. The average molecular weight is 347 g/mol. The van der Waals surface area contributed by atoms with E-state index in [9.17, 15) is 9.90 Å². The van der Waals surface area contributed by atoms with Crippen LogP contribution < -0.4 is 5.43 Å². The van der Waals surface area contributed by atoms with Gasteiger partial charge in [-0.1, -0.05) is 31.2 Å². The highest BCUT2D eigenvalue weighted by Gasteiger charge is 2.10. The second-order valence-electron chi connectivity index (χ2n) is 4.35. The molecule has 0 fully saturated rings. The molecule has 2 aromatic carbocycles. The number of hydrogen-bond donors (Lipinski definition) is 2. The van der Waals surface area contributed by atoms with Gasteiger partial charge in [-0.05, 0) is 46.6 Å². The molecule has 108 valence electrons. The molecule has 0 aliphatic carbocycles. The molecule has 0 aromatic heterocycles. The molecule has 0 unspecified atom stereocenters. The number of rotatable bonds is 4. The third-order valence-corrected chi connectivity index (χ3v) is 3.65. The summed E-state index contributed by atoms with van der Waals surface area (Å²) in [4.78, 5) is 12.1. The van der Waals surface area contributed by atoms with Crippen molar-refractivity contribution in [2.24, 2.45) is 5.10 Å². The summed E-state index contributed by atoms with van der Waals surface area (Å²) in [6.45, 7) is 1.91. The first kappa shape index (κ1) is 15.3. The van der Waals surface area contributed by atoms with Crippen LogP contribution >= 0.6 is 15.9 Å². The number of halogens is 1. The van der Waals surface area contributed by atoms with Crippen molar-refractivity contribution in [2.45, 2.75) is 13.3 Å². The molecule has 0 spiro atoms. The number of phenolic OH excluding ortho intramolecular Hbond substituents is 1. The van der Waals surface area contributed by atoms with E-state index >= 15 is 0 Å². The molecule has 0 radical (unpaired) electrons. The van der Waals surface area contributed by atoms with E-state index in [2.05, 4.69) is 26.5 Å². The lowest BCUT2D eigenvalue weighted by molar-refractivity contribution is 0.0954. The summed E-state index contributed by atoms with van der Waals surface area (Å²) in [7, 11) is 0. The van der Waals surface area contributed by atoms with Crippen molar-refractivity contribution in [1.29, 1.82) is 0 Å². The van der Waals surface area contributed by atoms with Gasteiger partial charge in [0, 0.05) is 10.0 Å². The zero-order valence-electron chi connectivity index (χ0n) is 11.5. The standard InChI is InChI=1S/C16H15BrN2O2/c1-2-14(12-8-4-6-10-15(12)20)18-19-16(21)11-7-3-5-9-13(11)17/h3-10,20H,2H2,1H3,(H,19,21)/b18-14-. The van der Waals surface area contributed by atoms with Crippen LogP contribution in [0.4, 0.5) is 0 Å². The van der Waals surface area contributed by atoms with Crippen molar-refractivity contribution in [3.05, 3.63) is 64.1 Å². The van der Waals surface area contributed by atoms with E-state index in [0.717, 1.165) is 0 Å². The first-order valence-electron chi connectivity index (χ1n) is 6.53. The zero-order valence-corrected chi connectivity index (χ0v) is 13.1. The van der Waals surface area contributed by atoms with Gasteiger partial charge in [0.15, 0.2) is 0 Å². The normalized spacial score (nSPS) is 11.2. The fraction of sp³-hybridized carbons (Fsp3) is 0.125. The number of hydrogen-bond acceptors (Lipinski definition) is 3. The fourth-order valence-corrected chi connectivity index (χ4v) is 2.34. The zero-order chi connectivity index (χ0) is 15.2. The van der Waals surface area contributed by atoms with Gasteiger partial charge in [-0.2, -0.15) is 5.10 Å². The molecule has 21 heavy (non-hydrogen) atoms. The Morgan fingerprint density at radius 1 is 1.14 bits per heavy atom. The van der Waals surface area contributed by atoms with Crippen LogP contribution in [0.25, 0.3) is 0 Å². The van der Waals surface area contributed by atoms with Crippen molar-refractivity contribution < 1.29 is 9.90 Å². The number of nitrogens with zero attached hydrogens (tertiary/aromatic N) is 1. The van der Waals surface area contributed by atoms with Crippen LogP contribution in [0.15, 0.2) is 58.1 Å². The molecule has 0 bridgehead atoms. The number of carbonyl (C=O) groups excluding carboxylic acids is 1. The molecule has 4 nitrogen and oxygen atoms in total. The van der Waals surface area contributed by atoms with Crippen LogP contribution in [0.2, 0.25) is 0 Å². The predicted octanol–water partition coefficient (Wildman–Crippen LogP) is 3.70. The Hall–Kier alpha value is -2.14. The highest BCUT2D eigenvalue weighted by atomic mass is 79.9. The number of phenols is 1. The molecular formula is C16H15BrN2O2. The molecule has 0 aliphatic heterocycles. The number of amides is 1. The summed E-state index contributed by atoms with van der Waals surface area (Å²) in [5.74, 6) is -0.155. The minimum absolute atomic E-state index is 0.147. The lowest BCUT2D eigenvalue weighted by atomic mass is 10.1. The van der Waals surface area contributed by atoms with Gasteiger partial charge >= 0.3 is 0 Å². The predicted molar refractivity (Wildman–Crippen MR) is 86.5 cm³/mol. The van der Waals surface area contributed by atoms with E-state index in [1.54, 1.807) is 36.4 Å². The Bertz CT molecular complexity index is 683. The van der Waals surface area contributed by atoms with E-state index in [-0.39, 0.29) is 11.7 Å². The molecule has 0 heterocycles. The van der Waals surface area contributed by atoms with Gasteiger partial charge < -0.3 is 5.11 Å². The monoisotopic (exact) mass is 346 g/mol. The van der Waals surface area contributed by atoms with Crippen molar-refractivity contribution >= 4 is 27.5 Å². The van der Waals surface area contributed by atoms with Gasteiger partial charge in [-0.3, -0.25) is 4.79 Å². The highest BCUT2D eigenvalue weighted by molar-refractivity contribution is 9.10. The molecule has 5 heteroatoms. The van der Waals surface area contributed by atoms with Crippen LogP contribution in [0.3, 0.4) is 0 Å². The first-order chi connectivity index (χ1) is 10.1. The SMILES string of the molecule is CC/C(=N/NC(=O)c1ccccc1Br)c1ccccc1O. The summed E-state index contributed by atoms with van der Waals surface area (Å²) >= 11 is 3.33. The van der Waals surface area contributed by atoms with Gasteiger partial charge in [-0.15, -0.1) is 0 Å². The summed E-state index contributed by atoms with van der Waals surface area (Å²) in [6, 6.07) is 14.0. The van der Waals surface area contributed by atoms with E-state index in [1.165, 1.54) is 0 Å². The topological polar surface area (TPSA) is 61.7 Å². The van der Waals surface area contributed by atoms with Crippen LogP contribution in [0, 0.1) is 0 Å². The summed E-state index contributed by atoms with van der Waals surface area (Å²) in [5, 5.41) is 14.0. The number of nitrogens with one attached hydrogen (secondary N) is 1. The molecule has 0 saturated heterocycles. The molecule has 2 aromatic rings. The molecule has 1 amide bonds. The lowest BCUT2D eigenvalue weighted by Gasteiger charge is -2.07. The number of para-hydroxylation sites is 1. The minimum atomic E-state index is -0.302. The van der Waals surface area contributed by atoms with Crippen LogP contribution in [0.1, 0.15) is 29.3 Å². The Morgan fingerprint density at radius 2 is 1.76 bits per heavy atom. The third-order valence-electron chi connectivity index (χ3n) is 2.96. The number of benzene rings is 2.